The zero-order valence-corrected chi connectivity index (χ0v) is 22.4. The van der Waals surface area contributed by atoms with Gasteiger partial charge in [-0.3, -0.25) is 15.1 Å². The van der Waals surface area contributed by atoms with E-state index < -0.39 is 9.84 Å². The molecular weight excluding hydrogens is 542 g/mol. The van der Waals surface area contributed by atoms with Crippen molar-refractivity contribution >= 4 is 54.0 Å². The van der Waals surface area contributed by atoms with Gasteiger partial charge in [0.15, 0.2) is 9.84 Å². The van der Waals surface area contributed by atoms with Crippen molar-refractivity contribution in [2.75, 3.05) is 38.4 Å². The van der Waals surface area contributed by atoms with Crippen LogP contribution in [0, 0.1) is 0 Å². The first kappa shape index (κ1) is 25.1. The molecule has 2 aromatic carbocycles. The molecule has 1 fully saturated rings. The van der Waals surface area contributed by atoms with Gasteiger partial charge in [-0.25, -0.2) is 18.1 Å². The minimum atomic E-state index is -3.53. The summed E-state index contributed by atoms with van der Waals surface area (Å²) in [5.41, 5.74) is 4.40. The fourth-order valence-corrected chi connectivity index (χ4v) is 5.82. The zero-order valence-electron chi connectivity index (χ0n) is 19.3. The van der Waals surface area contributed by atoms with Gasteiger partial charge >= 0.3 is 0 Å². The van der Waals surface area contributed by atoms with E-state index in [-0.39, 0.29) is 21.9 Å². The van der Waals surface area contributed by atoms with Crippen LogP contribution in [0.5, 0.6) is 0 Å². The Kier molecular flexibility index (Phi) is 7.35. The molecule has 1 saturated heterocycles. The lowest BCUT2D eigenvalue weighted by Crippen LogP contribution is -2.31. The lowest BCUT2D eigenvalue weighted by molar-refractivity contribution is 0.264. The van der Waals surface area contributed by atoms with Gasteiger partial charge in [0.25, 0.3) is 5.56 Å². The first-order valence-corrected chi connectivity index (χ1v) is 13.8. The van der Waals surface area contributed by atoms with Crippen LogP contribution in [0.2, 0.25) is 5.02 Å². The van der Waals surface area contributed by atoms with E-state index in [1.807, 2.05) is 6.07 Å². The molecule has 0 amide bonds. The van der Waals surface area contributed by atoms with Crippen molar-refractivity contribution in [3.8, 4) is 0 Å². The third-order valence-corrected chi connectivity index (χ3v) is 8.96. The summed E-state index contributed by atoms with van der Waals surface area (Å²) in [7, 11) is 0.682. The highest BCUT2D eigenvalue weighted by Crippen LogP contribution is 2.27. The standard InChI is InChI=1S/C23H27BrClN5O3S/c1-4-34(32,33)22-6-5-16(25)10-21(22)27-30-14-26-20-9-15(19(24)11-18(20)23(30)31)12-29-8-7-17(13-29)28(2)3/h5-6,9-11,14,17,27H,4,7-8,12-13H2,1-3H3/t17-/m1/s1. The van der Waals surface area contributed by atoms with E-state index in [0.717, 1.165) is 36.1 Å². The molecule has 182 valence electrons. The number of likely N-dealkylation sites (N-methyl/N-ethyl adjacent to an activating group) is 1. The number of anilines is 1. The fraction of sp³-hybridized carbons (Fsp3) is 0.391. The van der Waals surface area contributed by atoms with Crippen molar-refractivity contribution in [1.29, 1.82) is 0 Å². The van der Waals surface area contributed by atoms with Gasteiger partial charge in [-0.1, -0.05) is 34.5 Å². The number of aromatic nitrogens is 2. The molecule has 0 saturated carbocycles. The second-order valence-corrected chi connectivity index (χ2v) is 12.2. The van der Waals surface area contributed by atoms with Crippen molar-refractivity contribution in [2.45, 2.75) is 30.8 Å². The number of hydrogen-bond donors (Lipinski definition) is 1. The third kappa shape index (κ3) is 5.16. The molecule has 4 rings (SSSR count). The molecule has 0 aliphatic carbocycles. The maximum absolute atomic E-state index is 13.2. The van der Waals surface area contributed by atoms with E-state index in [0.29, 0.717) is 22.0 Å². The summed E-state index contributed by atoms with van der Waals surface area (Å²) in [6.45, 7) is 4.36. The largest absolute Gasteiger partial charge is 0.305 e. The van der Waals surface area contributed by atoms with Crippen molar-refractivity contribution in [1.82, 2.24) is 19.5 Å². The number of nitrogens with zero attached hydrogens (tertiary/aromatic N) is 4. The first-order valence-electron chi connectivity index (χ1n) is 11.0. The van der Waals surface area contributed by atoms with E-state index in [1.54, 1.807) is 13.0 Å². The average Bonchev–Trinajstić information content (AvgIpc) is 3.26. The Hall–Kier alpha value is -1.98. The van der Waals surface area contributed by atoms with Gasteiger partial charge in [0.2, 0.25) is 0 Å². The Labute approximate surface area is 212 Å². The molecule has 8 nitrogen and oxygen atoms in total. The highest BCUT2D eigenvalue weighted by molar-refractivity contribution is 9.10. The summed E-state index contributed by atoms with van der Waals surface area (Å²) in [6.07, 6.45) is 2.50. The van der Waals surface area contributed by atoms with E-state index in [2.05, 4.69) is 50.2 Å². The number of fused-ring (bicyclic) bond motifs is 1. The normalized spacial score (nSPS) is 17.1. The minimum Gasteiger partial charge on any atom is -0.305 e. The Morgan fingerprint density at radius 1 is 1.26 bits per heavy atom. The number of likely N-dealkylation sites (tertiary alicyclic amines) is 1. The SMILES string of the molecule is CCS(=O)(=O)c1ccc(Cl)cc1Nn1cnc2cc(CN3CC[C@@H](N(C)C)C3)c(Br)cc2c1=O. The van der Waals surface area contributed by atoms with Crippen LogP contribution in [0.1, 0.15) is 18.9 Å². The summed E-state index contributed by atoms with van der Waals surface area (Å²) in [6, 6.07) is 8.68. The predicted molar refractivity (Wildman–Crippen MR) is 139 cm³/mol. The summed E-state index contributed by atoms with van der Waals surface area (Å²) in [4.78, 5) is 22.4. The molecule has 3 aromatic rings. The molecule has 0 unspecified atom stereocenters. The average molecular weight is 569 g/mol. The topological polar surface area (TPSA) is 87.5 Å². The van der Waals surface area contributed by atoms with Crippen LogP contribution in [0.4, 0.5) is 5.69 Å². The second-order valence-electron chi connectivity index (χ2n) is 8.68. The summed E-state index contributed by atoms with van der Waals surface area (Å²) in [5.74, 6) is -0.0732. The molecule has 1 atom stereocenters. The Morgan fingerprint density at radius 3 is 2.71 bits per heavy atom. The fourth-order valence-electron chi connectivity index (χ4n) is 4.15. The maximum Gasteiger partial charge on any atom is 0.280 e. The molecule has 34 heavy (non-hydrogen) atoms. The van der Waals surface area contributed by atoms with Gasteiger partial charge in [-0.05, 0) is 56.4 Å². The highest BCUT2D eigenvalue weighted by Gasteiger charge is 2.24. The van der Waals surface area contributed by atoms with E-state index >= 15 is 0 Å². The van der Waals surface area contributed by atoms with Gasteiger partial charge in [-0.2, -0.15) is 0 Å². The maximum atomic E-state index is 13.2. The van der Waals surface area contributed by atoms with Gasteiger partial charge < -0.3 is 4.90 Å². The van der Waals surface area contributed by atoms with Gasteiger partial charge in [-0.15, -0.1) is 0 Å². The number of rotatable bonds is 7. The van der Waals surface area contributed by atoms with Crippen LogP contribution in [-0.4, -0.2) is 66.9 Å². The molecule has 1 aliphatic rings. The minimum absolute atomic E-state index is 0.0732. The van der Waals surface area contributed by atoms with Gasteiger partial charge in [0, 0.05) is 35.2 Å². The molecule has 1 N–H and O–H groups in total. The van der Waals surface area contributed by atoms with Crippen LogP contribution in [0.15, 0.2) is 50.8 Å². The third-order valence-electron chi connectivity index (χ3n) is 6.20. The highest BCUT2D eigenvalue weighted by atomic mass is 79.9. The first-order chi connectivity index (χ1) is 16.1. The summed E-state index contributed by atoms with van der Waals surface area (Å²) in [5, 5.41) is 0.769. The van der Waals surface area contributed by atoms with Crippen LogP contribution >= 0.6 is 27.5 Å². The van der Waals surface area contributed by atoms with Crippen molar-refractivity contribution < 1.29 is 8.42 Å². The van der Waals surface area contributed by atoms with Crippen molar-refractivity contribution in [2.24, 2.45) is 0 Å². The number of hydrogen-bond acceptors (Lipinski definition) is 7. The number of benzene rings is 2. The predicted octanol–water partition coefficient (Wildman–Crippen LogP) is 3.62. The van der Waals surface area contributed by atoms with Crippen molar-refractivity contribution in [3.05, 3.63) is 62.1 Å². The summed E-state index contributed by atoms with van der Waals surface area (Å²) >= 11 is 9.72. The second kappa shape index (κ2) is 9.94. The van der Waals surface area contributed by atoms with E-state index in [4.69, 9.17) is 11.6 Å². The molecule has 0 spiro atoms. The van der Waals surface area contributed by atoms with Gasteiger partial charge in [0.1, 0.15) is 6.33 Å². The van der Waals surface area contributed by atoms with Crippen LogP contribution in [0.3, 0.4) is 0 Å². The lowest BCUT2D eigenvalue weighted by Gasteiger charge is -2.21. The molecular formula is C23H27BrClN5O3S. The molecule has 1 aromatic heterocycles. The quantitative estimate of drug-likeness (QED) is 0.466. The monoisotopic (exact) mass is 567 g/mol. The zero-order chi connectivity index (χ0) is 24.6. The number of halogens is 2. The smallest absolute Gasteiger partial charge is 0.280 e. The number of sulfone groups is 1. The van der Waals surface area contributed by atoms with E-state index in [9.17, 15) is 13.2 Å². The van der Waals surface area contributed by atoms with Gasteiger partial charge in [0.05, 0.1) is 27.2 Å². The van der Waals surface area contributed by atoms with Crippen molar-refractivity contribution in [3.63, 3.8) is 0 Å². The Bertz CT molecular complexity index is 1390. The van der Waals surface area contributed by atoms with E-state index in [1.165, 1.54) is 29.2 Å². The van der Waals surface area contributed by atoms with Crippen LogP contribution in [-0.2, 0) is 16.4 Å². The molecule has 1 aliphatic heterocycles. The molecule has 0 bridgehead atoms. The van der Waals surface area contributed by atoms with Crippen LogP contribution in [0.25, 0.3) is 10.9 Å². The number of nitrogens with one attached hydrogen (secondary N) is 1. The van der Waals surface area contributed by atoms with Crippen LogP contribution < -0.4 is 11.0 Å². The molecule has 11 heteroatoms. The Balaban J connectivity index is 1.65. The lowest BCUT2D eigenvalue weighted by atomic mass is 10.1. The Morgan fingerprint density at radius 2 is 2.03 bits per heavy atom. The molecule has 0 radical (unpaired) electrons. The summed E-state index contributed by atoms with van der Waals surface area (Å²) < 4.78 is 27.0. The molecule has 2 heterocycles.